The standard InChI is InChI=1S/C12H13IN2O3/c13-9-1-3-10(4-2-9)14-11(16)12(17)15-5-7-18-8-6-15/h1-4H,5-8H2,(H,14,16). The van der Waals surface area contributed by atoms with Crippen molar-refractivity contribution in [1.82, 2.24) is 4.90 Å². The second-order valence-electron chi connectivity index (χ2n) is 3.87. The molecule has 0 aromatic heterocycles. The molecule has 2 amide bonds. The lowest BCUT2D eigenvalue weighted by Gasteiger charge is -2.26. The van der Waals surface area contributed by atoms with Crippen molar-refractivity contribution < 1.29 is 14.3 Å². The number of benzene rings is 1. The maximum Gasteiger partial charge on any atom is 0.313 e. The van der Waals surface area contributed by atoms with Crippen LogP contribution >= 0.6 is 22.6 Å². The Morgan fingerprint density at radius 1 is 1.17 bits per heavy atom. The molecular weight excluding hydrogens is 347 g/mol. The molecular formula is C12H13IN2O3. The monoisotopic (exact) mass is 360 g/mol. The van der Waals surface area contributed by atoms with Gasteiger partial charge in [0.15, 0.2) is 0 Å². The van der Waals surface area contributed by atoms with Gasteiger partial charge in [-0.05, 0) is 46.9 Å². The number of carbonyl (C=O) groups excluding carboxylic acids is 2. The van der Waals surface area contributed by atoms with E-state index in [2.05, 4.69) is 27.9 Å². The summed E-state index contributed by atoms with van der Waals surface area (Å²) in [5.74, 6) is -1.10. The summed E-state index contributed by atoms with van der Waals surface area (Å²) in [6.45, 7) is 1.92. The highest BCUT2D eigenvalue weighted by Gasteiger charge is 2.23. The van der Waals surface area contributed by atoms with Gasteiger partial charge in [-0.15, -0.1) is 0 Å². The number of carbonyl (C=O) groups is 2. The fourth-order valence-electron chi connectivity index (χ4n) is 1.63. The third-order valence-corrected chi connectivity index (χ3v) is 3.31. The van der Waals surface area contributed by atoms with E-state index < -0.39 is 11.8 Å². The summed E-state index contributed by atoms with van der Waals surface area (Å²) in [6.07, 6.45) is 0. The second kappa shape index (κ2) is 6.14. The van der Waals surface area contributed by atoms with E-state index >= 15 is 0 Å². The maximum atomic E-state index is 11.8. The lowest BCUT2D eigenvalue weighted by Crippen LogP contribution is -2.45. The van der Waals surface area contributed by atoms with Crippen LogP contribution in [0, 0.1) is 3.57 Å². The third-order valence-electron chi connectivity index (χ3n) is 2.59. The van der Waals surface area contributed by atoms with Gasteiger partial charge >= 0.3 is 11.8 Å². The van der Waals surface area contributed by atoms with Gasteiger partial charge in [-0.2, -0.15) is 0 Å². The zero-order valence-electron chi connectivity index (χ0n) is 9.69. The number of hydrogen-bond donors (Lipinski definition) is 1. The molecule has 1 aromatic carbocycles. The van der Waals surface area contributed by atoms with Crippen LogP contribution in [0.1, 0.15) is 0 Å². The van der Waals surface area contributed by atoms with Crippen LogP contribution in [0.15, 0.2) is 24.3 Å². The van der Waals surface area contributed by atoms with Gasteiger partial charge in [-0.1, -0.05) is 0 Å². The molecule has 1 heterocycles. The Morgan fingerprint density at radius 3 is 2.39 bits per heavy atom. The lowest BCUT2D eigenvalue weighted by molar-refractivity contribution is -0.145. The molecule has 0 unspecified atom stereocenters. The maximum absolute atomic E-state index is 11.8. The zero-order valence-corrected chi connectivity index (χ0v) is 11.8. The molecule has 1 N–H and O–H groups in total. The SMILES string of the molecule is O=C(Nc1ccc(I)cc1)C(=O)N1CCOCC1. The van der Waals surface area contributed by atoms with Gasteiger partial charge < -0.3 is 15.0 Å². The minimum atomic E-state index is -0.599. The van der Waals surface area contributed by atoms with Crippen LogP contribution in [0.5, 0.6) is 0 Å². The summed E-state index contributed by atoms with van der Waals surface area (Å²) in [7, 11) is 0. The quantitative estimate of drug-likeness (QED) is 0.603. The fraction of sp³-hybridized carbons (Fsp3) is 0.333. The summed E-state index contributed by atoms with van der Waals surface area (Å²) >= 11 is 2.18. The van der Waals surface area contributed by atoms with E-state index in [0.29, 0.717) is 32.0 Å². The molecule has 1 saturated heterocycles. The molecule has 0 aliphatic carbocycles. The van der Waals surface area contributed by atoms with Crippen molar-refractivity contribution in [3.8, 4) is 0 Å². The summed E-state index contributed by atoms with van der Waals surface area (Å²) < 4.78 is 6.21. The molecule has 1 aromatic rings. The number of rotatable bonds is 1. The molecule has 1 fully saturated rings. The number of halogens is 1. The van der Waals surface area contributed by atoms with E-state index in [1.165, 1.54) is 4.90 Å². The number of ether oxygens (including phenoxy) is 1. The molecule has 18 heavy (non-hydrogen) atoms. The molecule has 5 nitrogen and oxygen atoms in total. The minimum absolute atomic E-state index is 0.471. The van der Waals surface area contributed by atoms with Gasteiger partial charge in [0.05, 0.1) is 13.2 Å². The molecule has 96 valence electrons. The van der Waals surface area contributed by atoms with Gasteiger partial charge in [0.1, 0.15) is 0 Å². The molecule has 1 aliphatic rings. The largest absolute Gasteiger partial charge is 0.378 e. The van der Waals surface area contributed by atoms with Crippen LogP contribution in [0.3, 0.4) is 0 Å². The van der Waals surface area contributed by atoms with Crippen molar-refractivity contribution in [3.05, 3.63) is 27.8 Å². The van der Waals surface area contributed by atoms with Crippen molar-refractivity contribution in [1.29, 1.82) is 0 Å². The van der Waals surface area contributed by atoms with Crippen LogP contribution < -0.4 is 5.32 Å². The Bertz CT molecular complexity index is 441. The van der Waals surface area contributed by atoms with Crippen molar-refractivity contribution in [2.75, 3.05) is 31.6 Å². The number of nitrogens with one attached hydrogen (secondary N) is 1. The van der Waals surface area contributed by atoms with Gasteiger partial charge in [-0.25, -0.2) is 0 Å². The fourth-order valence-corrected chi connectivity index (χ4v) is 1.99. The average molecular weight is 360 g/mol. The van der Waals surface area contributed by atoms with E-state index in [1.54, 1.807) is 12.1 Å². The first-order valence-electron chi connectivity index (χ1n) is 5.60. The summed E-state index contributed by atoms with van der Waals surface area (Å²) in [5, 5.41) is 2.59. The van der Waals surface area contributed by atoms with Crippen molar-refractivity contribution >= 4 is 40.1 Å². The predicted molar refractivity (Wildman–Crippen MR) is 75.2 cm³/mol. The first kappa shape index (κ1) is 13.3. The van der Waals surface area contributed by atoms with Gasteiger partial charge in [0, 0.05) is 22.3 Å². The van der Waals surface area contributed by atoms with Crippen LogP contribution in [0.25, 0.3) is 0 Å². The molecule has 6 heteroatoms. The Labute approximate surface area is 119 Å². The number of amides is 2. The average Bonchev–Trinajstić information content (AvgIpc) is 2.41. The van der Waals surface area contributed by atoms with E-state index in [9.17, 15) is 9.59 Å². The van der Waals surface area contributed by atoms with Crippen LogP contribution in [-0.4, -0.2) is 43.0 Å². The number of nitrogens with zero attached hydrogens (tertiary/aromatic N) is 1. The number of hydrogen-bond acceptors (Lipinski definition) is 3. The Balaban J connectivity index is 1.94. The molecule has 0 bridgehead atoms. The van der Waals surface area contributed by atoms with Crippen molar-refractivity contribution in [3.63, 3.8) is 0 Å². The molecule has 0 saturated carbocycles. The zero-order chi connectivity index (χ0) is 13.0. The topological polar surface area (TPSA) is 58.6 Å². The molecule has 0 atom stereocenters. The normalized spacial score (nSPS) is 15.3. The van der Waals surface area contributed by atoms with Crippen molar-refractivity contribution in [2.45, 2.75) is 0 Å². The number of anilines is 1. The minimum Gasteiger partial charge on any atom is -0.378 e. The van der Waals surface area contributed by atoms with Gasteiger partial charge in [0.2, 0.25) is 0 Å². The van der Waals surface area contributed by atoms with Gasteiger partial charge in [-0.3, -0.25) is 9.59 Å². The van der Waals surface area contributed by atoms with E-state index in [4.69, 9.17) is 4.74 Å². The molecule has 0 radical (unpaired) electrons. The van der Waals surface area contributed by atoms with E-state index in [0.717, 1.165) is 3.57 Å². The van der Waals surface area contributed by atoms with Crippen LogP contribution in [0.2, 0.25) is 0 Å². The second-order valence-corrected chi connectivity index (χ2v) is 5.11. The highest BCUT2D eigenvalue weighted by molar-refractivity contribution is 14.1. The van der Waals surface area contributed by atoms with Crippen LogP contribution in [0.4, 0.5) is 5.69 Å². The summed E-state index contributed by atoms with van der Waals surface area (Å²) in [5.41, 5.74) is 0.627. The Hall–Kier alpha value is -1.15. The Kier molecular flexibility index (Phi) is 4.54. The first-order chi connectivity index (χ1) is 8.66. The Morgan fingerprint density at radius 2 is 1.78 bits per heavy atom. The highest BCUT2D eigenvalue weighted by atomic mass is 127. The van der Waals surface area contributed by atoms with Crippen molar-refractivity contribution in [2.24, 2.45) is 0 Å². The van der Waals surface area contributed by atoms with Crippen LogP contribution in [-0.2, 0) is 14.3 Å². The number of morpholine rings is 1. The third kappa shape index (κ3) is 3.42. The molecule has 1 aliphatic heterocycles. The summed E-state index contributed by atoms with van der Waals surface area (Å²) in [4.78, 5) is 25.1. The first-order valence-corrected chi connectivity index (χ1v) is 6.68. The molecule has 0 spiro atoms. The summed E-state index contributed by atoms with van der Waals surface area (Å²) in [6, 6.07) is 7.28. The molecule has 2 rings (SSSR count). The van der Waals surface area contributed by atoms with Gasteiger partial charge in [0.25, 0.3) is 0 Å². The highest BCUT2D eigenvalue weighted by Crippen LogP contribution is 2.11. The smallest absolute Gasteiger partial charge is 0.313 e. The van der Waals surface area contributed by atoms with E-state index in [1.807, 2.05) is 12.1 Å². The van der Waals surface area contributed by atoms with E-state index in [-0.39, 0.29) is 0 Å². The lowest BCUT2D eigenvalue weighted by atomic mass is 10.3. The predicted octanol–water partition coefficient (Wildman–Crippen LogP) is 1.09.